The number of carbonyl (C=O) groups is 2. The van der Waals surface area contributed by atoms with Crippen molar-refractivity contribution in [3.8, 4) is 0 Å². The Bertz CT molecular complexity index is 476. The van der Waals surface area contributed by atoms with Crippen LogP contribution in [-0.2, 0) is 16.0 Å². The minimum atomic E-state index is -0.575. The molecule has 2 rings (SSSR count). The van der Waals surface area contributed by atoms with Gasteiger partial charge in [-0.25, -0.2) is 4.79 Å². The molecule has 2 unspecified atom stereocenters. The second-order valence-electron chi connectivity index (χ2n) is 5.86. The third-order valence-corrected chi connectivity index (χ3v) is 2.97. The zero-order valence-electron chi connectivity index (χ0n) is 11.9. The number of ether oxygens (including phenoxy) is 1. The third-order valence-electron chi connectivity index (χ3n) is 2.97. The highest BCUT2D eigenvalue weighted by atomic mass is 16.6. The first-order chi connectivity index (χ1) is 9.35. The van der Waals surface area contributed by atoms with Crippen LogP contribution in [-0.4, -0.2) is 29.7 Å². The quantitative estimate of drug-likeness (QED) is 0.821. The number of β-lactam (4-membered cyclic amide) rings is 1. The minimum absolute atomic E-state index is 0.0832. The van der Waals surface area contributed by atoms with Crippen LogP contribution in [0, 0.1) is 0 Å². The van der Waals surface area contributed by atoms with E-state index in [2.05, 4.69) is 10.6 Å². The molecule has 2 amide bonds. The zero-order valence-corrected chi connectivity index (χ0v) is 11.9. The van der Waals surface area contributed by atoms with Crippen LogP contribution < -0.4 is 10.6 Å². The number of aryl methyl sites for hydroxylation is 1. The smallest absolute Gasteiger partial charge is 0.408 e. The number of alkyl carbamates (subject to hydrolysis) is 1. The molecule has 0 bridgehead atoms. The van der Waals surface area contributed by atoms with Crippen LogP contribution in [0.25, 0.3) is 0 Å². The summed E-state index contributed by atoms with van der Waals surface area (Å²) in [5.41, 5.74) is -0.575. The Morgan fingerprint density at radius 3 is 2.80 bits per heavy atom. The second kappa shape index (κ2) is 5.56. The van der Waals surface area contributed by atoms with Gasteiger partial charge in [0.2, 0.25) is 5.91 Å². The average molecular weight is 280 g/mol. The van der Waals surface area contributed by atoms with E-state index in [1.54, 1.807) is 27.0 Å². The summed E-state index contributed by atoms with van der Waals surface area (Å²) in [6.07, 6.45) is 2.47. The fourth-order valence-electron chi connectivity index (χ4n) is 2.03. The number of amides is 2. The third kappa shape index (κ3) is 3.76. The lowest BCUT2D eigenvalue weighted by Crippen LogP contribution is -2.69. The van der Waals surface area contributed by atoms with Crippen LogP contribution in [0.3, 0.4) is 0 Å². The van der Waals surface area contributed by atoms with Gasteiger partial charge in [0, 0.05) is 6.42 Å². The van der Waals surface area contributed by atoms with E-state index in [4.69, 9.17) is 9.15 Å². The van der Waals surface area contributed by atoms with Gasteiger partial charge >= 0.3 is 6.09 Å². The topological polar surface area (TPSA) is 80.6 Å². The predicted octanol–water partition coefficient (Wildman–Crippen LogP) is 1.60. The number of furan rings is 1. The van der Waals surface area contributed by atoms with Crippen molar-refractivity contribution >= 4 is 12.0 Å². The van der Waals surface area contributed by atoms with Crippen LogP contribution >= 0.6 is 0 Å². The molecule has 0 aliphatic carbocycles. The van der Waals surface area contributed by atoms with Crippen LogP contribution in [0.1, 0.15) is 33.0 Å². The summed E-state index contributed by atoms with van der Waals surface area (Å²) in [5, 5.41) is 5.37. The van der Waals surface area contributed by atoms with Gasteiger partial charge in [0.15, 0.2) is 0 Å². The molecular formula is C14H20N2O4. The van der Waals surface area contributed by atoms with Gasteiger partial charge in [-0.05, 0) is 39.3 Å². The van der Waals surface area contributed by atoms with E-state index in [0.29, 0.717) is 12.8 Å². The molecule has 2 N–H and O–H groups in total. The summed E-state index contributed by atoms with van der Waals surface area (Å²) >= 11 is 0. The fraction of sp³-hybridized carbons (Fsp3) is 0.571. The molecular weight excluding hydrogens is 260 g/mol. The number of hydrogen-bond acceptors (Lipinski definition) is 4. The standard InChI is InChI=1S/C14H20N2O4/c1-14(2,3)20-13(18)16-11-10(15-12(11)17)7-6-9-5-4-8-19-9/h4-5,8,10-11H,6-7H2,1-3H3,(H,15,17)(H,16,18). The molecule has 0 spiro atoms. The maximum atomic E-state index is 11.7. The van der Waals surface area contributed by atoms with E-state index in [-0.39, 0.29) is 11.9 Å². The molecule has 1 aliphatic rings. The van der Waals surface area contributed by atoms with E-state index in [0.717, 1.165) is 5.76 Å². The molecule has 6 heteroatoms. The molecule has 1 aliphatic heterocycles. The maximum absolute atomic E-state index is 11.7. The van der Waals surface area contributed by atoms with Crippen molar-refractivity contribution in [1.82, 2.24) is 10.6 Å². The van der Waals surface area contributed by atoms with E-state index in [1.807, 2.05) is 12.1 Å². The van der Waals surface area contributed by atoms with Gasteiger partial charge in [-0.15, -0.1) is 0 Å². The Balaban J connectivity index is 1.80. The van der Waals surface area contributed by atoms with Crippen molar-refractivity contribution in [1.29, 1.82) is 0 Å². The van der Waals surface area contributed by atoms with E-state index in [1.165, 1.54) is 0 Å². The van der Waals surface area contributed by atoms with Crippen molar-refractivity contribution < 1.29 is 18.7 Å². The highest BCUT2D eigenvalue weighted by Gasteiger charge is 2.40. The monoisotopic (exact) mass is 280 g/mol. The number of hydrogen-bond donors (Lipinski definition) is 2. The Labute approximate surface area is 117 Å². The molecule has 1 aromatic heterocycles. The van der Waals surface area contributed by atoms with E-state index < -0.39 is 17.7 Å². The number of nitrogens with one attached hydrogen (secondary N) is 2. The lowest BCUT2D eigenvalue weighted by Gasteiger charge is -2.37. The minimum Gasteiger partial charge on any atom is -0.469 e. The van der Waals surface area contributed by atoms with Crippen LogP contribution in [0.4, 0.5) is 4.79 Å². The van der Waals surface area contributed by atoms with Crippen molar-refractivity contribution in [3.63, 3.8) is 0 Å². The van der Waals surface area contributed by atoms with E-state index in [9.17, 15) is 9.59 Å². The summed E-state index contributed by atoms with van der Waals surface area (Å²) < 4.78 is 10.4. The molecule has 0 aromatic carbocycles. The largest absolute Gasteiger partial charge is 0.469 e. The summed E-state index contributed by atoms with van der Waals surface area (Å²) in [6, 6.07) is 3.10. The van der Waals surface area contributed by atoms with Gasteiger partial charge in [0.25, 0.3) is 0 Å². The lowest BCUT2D eigenvalue weighted by molar-refractivity contribution is -0.131. The molecule has 1 aromatic rings. The van der Waals surface area contributed by atoms with Gasteiger partial charge in [-0.3, -0.25) is 4.79 Å². The van der Waals surface area contributed by atoms with Gasteiger partial charge in [0.1, 0.15) is 17.4 Å². The lowest BCUT2D eigenvalue weighted by atomic mass is 9.94. The summed E-state index contributed by atoms with van der Waals surface area (Å²) in [5.74, 6) is 0.683. The van der Waals surface area contributed by atoms with Crippen molar-refractivity contribution in [2.75, 3.05) is 0 Å². The van der Waals surface area contributed by atoms with Crippen molar-refractivity contribution in [3.05, 3.63) is 24.2 Å². The molecule has 2 heterocycles. The van der Waals surface area contributed by atoms with Crippen molar-refractivity contribution in [2.45, 2.75) is 51.3 Å². The van der Waals surface area contributed by atoms with Crippen LogP contribution in [0.5, 0.6) is 0 Å². The number of rotatable bonds is 4. The van der Waals surface area contributed by atoms with E-state index >= 15 is 0 Å². The first-order valence-electron chi connectivity index (χ1n) is 6.67. The van der Waals surface area contributed by atoms with Gasteiger partial charge in [0.05, 0.1) is 12.3 Å². The van der Waals surface area contributed by atoms with Gasteiger partial charge in [-0.2, -0.15) is 0 Å². The molecule has 110 valence electrons. The van der Waals surface area contributed by atoms with Gasteiger partial charge in [-0.1, -0.05) is 0 Å². The van der Waals surface area contributed by atoms with Crippen LogP contribution in [0.2, 0.25) is 0 Å². The highest BCUT2D eigenvalue weighted by molar-refractivity contribution is 5.92. The molecule has 20 heavy (non-hydrogen) atoms. The van der Waals surface area contributed by atoms with Crippen molar-refractivity contribution in [2.24, 2.45) is 0 Å². The SMILES string of the molecule is CC(C)(C)OC(=O)NC1C(=O)NC1CCc1ccco1. The first-order valence-corrected chi connectivity index (χ1v) is 6.67. The second-order valence-corrected chi connectivity index (χ2v) is 5.86. The predicted molar refractivity (Wildman–Crippen MR) is 72.1 cm³/mol. The first kappa shape index (κ1) is 14.4. The molecule has 6 nitrogen and oxygen atoms in total. The molecule has 1 fully saturated rings. The zero-order chi connectivity index (χ0) is 14.8. The Kier molecular flexibility index (Phi) is 4.01. The Hall–Kier alpha value is -1.98. The fourth-order valence-corrected chi connectivity index (χ4v) is 2.03. The molecule has 2 atom stereocenters. The summed E-state index contributed by atoms with van der Waals surface area (Å²) in [6.45, 7) is 5.34. The normalized spacial score (nSPS) is 21.9. The molecule has 1 saturated heterocycles. The summed E-state index contributed by atoms with van der Waals surface area (Å²) in [7, 11) is 0. The highest BCUT2D eigenvalue weighted by Crippen LogP contribution is 2.15. The van der Waals surface area contributed by atoms with Gasteiger partial charge < -0.3 is 19.8 Å². The maximum Gasteiger partial charge on any atom is 0.408 e. The number of carbonyl (C=O) groups excluding carboxylic acids is 2. The van der Waals surface area contributed by atoms with Crippen LogP contribution in [0.15, 0.2) is 22.8 Å². The summed E-state index contributed by atoms with van der Waals surface area (Å²) in [4.78, 5) is 23.2. The Morgan fingerprint density at radius 2 is 2.25 bits per heavy atom. The average Bonchev–Trinajstić information content (AvgIpc) is 2.82. The molecule has 0 radical (unpaired) electrons. The Morgan fingerprint density at radius 1 is 1.50 bits per heavy atom. The molecule has 0 saturated carbocycles.